The van der Waals surface area contributed by atoms with E-state index < -0.39 is 42.5 Å². The van der Waals surface area contributed by atoms with Gasteiger partial charge < -0.3 is 30.5 Å². The summed E-state index contributed by atoms with van der Waals surface area (Å²) >= 11 is 0. The summed E-state index contributed by atoms with van der Waals surface area (Å²) < 4.78 is 6.22. The lowest BCUT2D eigenvalue weighted by Gasteiger charge is -2.56. The summed E-state index contributed by atoms with van der Waals surface area (Å²) in [6.07, 6.45) is 7.36. The number of carbonyl (C=O) groups excluding carboxylic acids is 1. The first-order valence-corrected chi connectivity index (χ1v) is 15.5. The van der Waals surface area contributed by atoms with Crippen molar-refractivity contribution in [2.45, 2.75) is 135 Å². The molecule has 4 aliphatic carbocycles. The molecule has 0 aromatic rings. The number of rotatable bonds is 12. The number of nitrogens with one attached hydrogen (secondary N) is 1. The average Bonchev–Trinajstić information content (AvgIpc) is 2.79. The molecule has 5 rings (SSSR count). The van der Waals surface area contributed by atoms with Gasteiger partial charge in [-0.2, -0.15) is 0 Å². The predicted octanol–water partition coefficient (Wildman–Crippen LogP) is 3.27. The van der Waals surface area contributed by atoms with Crippen molar-refractivity contribution in [2.75, 3.05) is 26.4 Å². The van der Waals surface area contributed by atoms with Gasteiger partial charge in [-0.15, -0.1) is 12.4 Å². The minimum Gasteiger partial charge on any atom is -0.395 e. The van der Waals surface area contributed by atoms with Crippen molar-refractivity contribution < 1.29 is 30.0 Å². The van der Waals surface area contributed by atoms with E-state index in [-0.39, 0.29) is 23.7 Å². The fraction of sp³-hybridized carbons (Fsp3) is 0.968. The number of hydrogen-bond acceptors (Lipinski definition) is 7. The van der Waals surface area contributed by atoms with Gasteiger partial charge in [-0.3, -0.25) is 9.69 Å². The van der Waals surface area contributed by atoms with E-state index >= 15 is 0 Å². The van der Waals surface area contributed by atoms with Crippen LogP contribution in [0.25, 0.3) is 0 Å². The maximum Gasteiger partial charge on any atom is 0.240 e. The Kier molecular flexibility index (Phi) is 11.4. The van der Waals surface area contributed by atoms with Gasteiger partial charge in [0.2, 0.25) is 5.91 Å². The number of amides is 1. The van der Waals surface area contributed by atoms with Crippen LogP contribution in [0.3, 0.4) is 0 Å². The Morgan fingerprint density at radius 2 is 1.48 bits per heavy atom. The molecule has 0 radical (unpaired) electrons. The quantitative estimate of drug-likeness (QED) is 0.222. The van der Waals surface area contributed by atoms with E-state index in [0.29, 0.717) is 12.0 Å². The fourth-order valence-corrected chi connectivity index (χ4v) is 9.25. The Hall–Kier alpha value is -0.480. The number of ether oxygens (including phenoxy) is 1. The zero-order valence-corrected chi connectivity index (χ0v) is 26.3. The van der Waals surface area contributed by atoms with Crippen molar-refractivity contribution in [1.29, 1.82) is 0 Å². The monoisotopic (exact) mass is 588 g/mol. The van der Waals surface area contributed by atoms with Crippen molar-refractivity contribution >= 4 is 18.3 Å². The first kappa shape index (κ1) is 34.0. The molecule has 9 heteroatoms. The molecule has 0 spiro atoms. The number of likely N-dealkylation sites (tertiary alicyclic amines) is 1. The van der Waals surface area contributed by atoms with Crippen LogP contribution < -0.4 is 5.32 Å². The highest BCUT2D eigenvalue weighted by atomic mass is 35.5. The molecule has 1 heterocycles. The number of hydrogen-bond donors (Lipinski definition) is 5. The van der Waals surface area contributed by atoms with Gasteiger partial charge in [-0.05, 0) is 113 Å². The van der Waals surface area contributed by atoms with Crippen LogP contribution in [0.5, 0.6) is 0 Å². The average molecular weight is 589 g/mol. The summed E-state index contributed by atoms with van der Waals surface area (Å²) in [4.78, 5) is 15.2. The van der Waals surface area contributed by atoms with Crippen LogP contribution in [-0.4, -0.2) is 93.5 Å². The Morgan fingerprint density at radius 3 is 2.00 bits per heavy atom. The van der Waals surface area contributed by atoms with Gasteiger partial charge in [0.25, 0.3) is 0 Å². The minimum atomic E-state index is -1.50. The SMILES string of the molecule is CC(C)(C)CC(C)(C)NC(=O)[C@@H]1[C@H](O)[C@@H](O)[C@H](O)[C@@H](CO)N1CCCCCOCC12CC3CC(CC(C3)C1)C2.Cl. The summed E-state index contributed by atoms with van der Waals surface area (Å²) in [6, 6.07) is -1.87. The zero-order valence-electron chi connectivity index (χ0n) is 25.5. The lowest BCUT2D eigenvalue weighted by molar-refractivity contribution is -0.179. The van der Waals surface area contributed by atoms with Crippen molar-refractivity contribution in [3.63, 3.8) is 0 Å². The first-order valence-electron chi connectivity index (χ1n) is 15.5. The molecule has 1 amide bonds. The second-order valence-corrected chi connectivity index (χ2v) is 15.5. The number of unbranched alkanes of at least 4 members (excludes halogenated alkanes) is 2. The molecular weight excluding hydrogens is 532 g/mol. The Bertz CT molecular complexity index is 798. The van der Waals surface area contributed by atoms with Crippen molar-refractivity contribution in [1.82, 2.24) is 10.2 Å². The second-order valence-electron chi connectivity index (χ2n) is 15.5. The van der Waals surface area contributed by atoms with E-state index in [9.17, 15) is 25.2 Å². The van der Waals surface area contributed by atoms with E-state index in [1.54, 1.807) is 4.90 Å². The number of carbonyl (C=O) groups is 1. The lowest BCUT2D eigenvalue weighted by atomic mass is 9.50. The van der Waals surface area contributed by atoms with E-state index in [0.717, 1.165) is 56.7 Å². The molecule has 5 fully saturated rings. The highest BCUT2D eigenvalue weighted by Crippen LogP contribution is 2.60. The summed E-state index contributed by atoms with van der Waals surface area (Å²) in [5, 5.41) is 45.1. The van der Waals surface area contributed by atoms with Gasteiger partial charge in [-0.1, -0.05) is 20.8 Å². The van der Waals surface area contributed by atoms with Crippen molar-refractivity contribution in [3.8, 4) is 0 Å². The normalized spacial score (nSPS) is 37.8. The Balaban J connectivity index is 0.00000441. The molecule has 5 aliphatic rings. The van der Waals surface area contributed by atoms with Crippen LogP contribution in [0.15, 0.2) is 0 Å². The molecule has 40 heavy (non-hydrogen) atoms. The molecule has 0 aromatic carbocycles. The molecule has 5 atom stereocenters. The third kappa shape index (κ3) is 8.12. The van der Waals surface area contributed by atoms with Gasteiger partial charge >= 0.3 is 0 Å². The van der Waals surface area contributed by atoms with Crippen LogP contribution in [0, 0.1) is 28.6 Å². The second kappa shape index (κ2) is 13.4. The standard InChI is InChI=1S/C31H56N2O6.ClH/c1-29(2,3)18-30(4,5)32-28(38)24-26(36)27(37)25(35)23(17-34)33(24)9-7-6-8-10-39-19-31-14-20-11-21(15-31)13-22(12-20)16-31;/h20-27,34-37H,6-19H2,1-5H3,(H,32,38);1H/t20?,21?,22?,23-,24+,25-,26+,27+,31?;/m1./s1. The van der Waals surface area contributed by atoms with Crippen molar-refractivity contribution in [2.24, 2.45) is 28.6 Å². The molecule has 0 aromatic heterocycles. The zero-order chi connectivity index (χ0) is 28.6. The van der Waals surface area contributed by atoms with Crippen LogP contribution in [0.4, 0.5) is 0 Å². The van der Waals surface area contributed by atoms with E-state index in [1.165, 1.54) is 38.5 Å². The van der Waals surface area contributed by atoms with Crippen LogP contribution in [0.2, 0.25) is 0 Å². The van der Waals surface area contributed by atoms with Crippen LogP contribution in [0.1, 0.15) is 98.8 Å². The van der Waals surface area contributed by atoms with Gasteiger partial charge in [0.05, 0.1) is 19.3 Å². The predicted molar refractivity (Wildman–Crippen MR) is 158 cm³/mol. The third-order valence-electron chi connectivity index (χ3n) is 9.87. The molecule has 5 N–H and O–H groups in total. The molecule has 0 unspecified atom stereocenters. The number of halogens is 1. The molecule has 8 nitrogen and oxygen atoms in total. The van der Waals surface area contributed by atoms with Crippen LogP contribution in [-0.2, 0) is 9.53 Å². The lowest BCUT2D eigenvalue weighted by Crippen LogP contribution is -2.71. The topological polar surface area (TPSA) is 122 Å². The van der Waals surface area contributed by atoms with E-state index in [4.69, 9.17) is 4.74 Å². The Morgan fingerprint density at radius 1 is 0.900 bits per heavy atom. The van der Waals surface area contributed by atoms with Crippen LogP contribution >= 0.6 is 12.4 Å². The molecular formula is C31H57ClN2O6. The fourth-order valence-electron chi connectivity index (χ4n) is 9.25. The number of aliphatic hydroxyl groups excluding tert-OH is 4. The first-order chi connectivity index (χ1) is 18.2. The van der Waals surface area contributed by atoms with Crippen molar-refractivity contribution in [3.05, 3.63) is 0 Å². The number of nitrogens with zero attached hydrogens (tertiary/aromatic N) is 1. The Labute approximate surface area is 248 Å². The largest absolute Gasteiger partial charge is 0.395 e. The summed E-state index contributed by atoms with van der Waals surface area (Å²) in [7, 11) is 0. The highest BCUT2D eigenvalue weighted by molar-refractivity contribution is 5.85. The van der Waals surface area contributed by atoms with Gasteiger partial charge in [-0.25, -0.2) is 0 Å². The maximum atomic E-state index is 13.5. The van der Waals surface area contributed by atoms with E-state index in [1.807, 2.05) is 13.8 Å². The summed E-state index contributed by atoms with van der Waals surface area (Å²) in [6.45, 7) is 11.9. The van der Waals surface area contributed by atoms with Gasteiger partial charge in [0.1, 0.15) is 24.4 Å². The molecule has 4 bridgehead atoms. The van der Waals surface area contributed by atoms with Gasteiger partial charge in [0.15, 0.2) is 0 Å². The summed E-state index contributed by atoms with van der Waals surface area (Å²) in [5.41, 5.74) is -0.113. The van der Waals surface area contributed by atoms with Gasteiger partial charge in [0, 0.05) is 12.1 Å². The molecule has 1 aliphatic heterocycles. The molecule has 4 saturated carbocycles. The molecule has 234 valence electrons. The highest BCUT2D eigenvalue weighted by Gasteiger charge is 2.52. The van der Waals surface area contributed by atoms with E-state index in [2.05, 4.69) is 26.1 Å². The third-order valence-corrected chi connectivity index (χ3v) is 9.87. The number of piperidine rings is 1. The smallest absolute Gasteiger partial charge is 0.240 e. The molecule has 1 saturated heterocycles. The minimum absolute atomic E-state index is 0. The number of aliphatic hydroxyl groups is 4. The summed E-state index contributed by atoms with van der Waals surface area (Å²) in [5.74, 6) is 2.40. The maximum absolute atomic E-state index is 13.5.